The molecular weight excluding hydrogens is 346 g/mol. The van der Waals surface area contributed by atoms with Gasteiger partial charge in [0.1, 0.15) is 17.4 Å². The summed E-state index contributed by atoms with van der Waals surface area (Å²) in [6.07, 6.45) is 0. The number of para-hydroxylation sites is 1. The molecule has 0 saturated heterocycles. The van der Waals surface area contributed by atoms with E-state index in [4.69, 9.17) is 13.9 Å². The third-order valence-corrected chi connectivity index (χ3v) is 4.82. The molecule has 0 fully saturated rings. The Kier molecular flexibility index (Phi) is 3.74. The maximum atomic E-state index is 12.8. The number of nitriles is 1. The van der Waals surface area contributed by atoms with E-state index in [1.807, 2.05) is 25.1 Å². The van der Waals surface area contributed by atoms with Crippen LogP contribution in [0.1, 0.15) is 22.6 Å². The third-order valence-electron chi connectivity index (χ3n) is 4.82. The monoisotopic (exact) mass is 361 g/mol. The van der Waals surface area contributed by atoms with E-state index in [-0.39, 0.29) is 11.3 Å². The minimum atomic E-state index is -2.01. The van der Waals surface area contributed by atoms with Gasteiger partial charge in [0, 0.05) is 0 Å². The van der Waals surface area contributed by atoms with E-state index in [1.165, 1.54) is 7.11 Å². The predicted molar refractivity (Wildman–Crippen MR) is 96.5 cm³/mol. The molecule has 27 heavy (non-hydrogen) atoms. The second-order valence-electron chi connectivity index (χ2n) is 6.41. The van der Waals surface area contributed by atoms with E-state index in [0.717, 1.165) is 5.56 Å². The highest BCUT2D eigenvalue weighted by Gasteiger charge is 2.59. The Labute approximate surface area is 154 Å². The van der Waals surface area contributed by atoms with Crippen molar-refractivity contribution in [2.24, 2.45) is 0 Å². The van der Waals surface area contributed by atoms with Crippen molar-refractivity contribution in [1.29, 1.82) is 5.26 Å². The Morgan fingerprint density at radius 3 is 2.56 bits per heavy atom. The van der Waals surface area contributed by atoms with Gasteiger partial charge in [-0.3, -0.25) is 0 Å². The van der Waals surface area contributed by atoms with Crippen LogP contribution in [0.15, 0.2) is 57.7 Å². The SMILES string of the molecule is COC(=O)C1(C#N)Oc2c(c(=O)oc3ccccc23)C1c1ccc(C)cc1. The molecule has 0 radical (unpaired) electrons. The van der Waals surface area contributed by atoms with Crippen LogP contribution in [0.25, 0.3) is 11.0 Å². The summed E-state index contributed by atoms with van der Waals surface area (Å²) < 4.78 is 16.2. The second-order valence-corrected chi connectivity index (χ2v) is 6.41. The molecule has 0 aliphatic carbocycles. The van der Waals surface area contributed by atoms with Gasteiger partial charge in [0.2, 0.25) is 0 Å². The predicted octanol–water partition coefficient (Wildman–Crippen LogP) is 3.06. The first-order valence-corrected chi connectivity index (χ1v) is 8.33. The van der Waals surface area contributed by atoms with E-state index in [2.05, 4.69) is 0 Å². The van der Waals surface area contributed by atoms with Crippen LogP contribution in [0.5, 0.6) is 5.75 Å². The maximum Gasteiger partial charge on any atom is 0.366 e. The number of esters is 1. The van der Waals surface area contributed by atoms with Gasteiger partial charge in [-0.25, -0.2) is 9.59 Å². The Hall–Kier alpha value is -3.59. The Morgan fingerprint density at radius 2 is 1.89 bits per heavy atom. The zero-order valence-electron chi connectivity index (χ0n) is 14.7. The first-order chi connectivity index (χ1) is 13.0. The van der Waals surface area contributed by atoms with Gasteiger partial charge in [0.25, 0.3) is 0 Å². The number of methoxy groups -OCH3 is 1. The lowest BCUT2D eigenvalue weighted by atomic mass is 9.80. The van der Waals surface area contributed by atoms with Crippen LogP contribution < -0.4 is 10.4 Å². The van der Waals surface area contributed by atoms with Gasteiger partial charge in [-0.05, 0) is 24.6 Å². The Balaban J connectivity index is 2.08. The van der Waals surface area contributed by atoms with Gasteiger partial charge in [0.15, 0.2) is 0 Å². The third kappa shape index (κ3) is 2.32. The zero-order chi connectivity index (χ0) is 19.2. The van der Waals surface area contributed by atoms with Crippen molar-refractivity contribution in [2.45, 2.75) is 18.4 Å². The summed E-state index contributed by atoms with van der Waals surface area (Å²) in [7, 11) is 1.18. The van der Waals surface area contributed by atoms with Gasteiger partial charge < -0.3 is 13.9 Å². The molecular formula is C21H15NO5. The lowest BCUT2D eigenvalue weighted by Crippen LogP contribution is -2.46. The van der Waals surface area contributed by atoms with Crippen molar-refractivity contribution in [2.75, 3.05) is 7.11 Å². The fraction of sp³-hybridized carbons (Fsp3) is 0.190. The summed E-state index contributed by atoms with van der Waals surface area (Å²) in [6, 6.07) is 16.0. The van der Waals surface area contributed by atoms with Crippen LogP contribution >= 0.6 is 0 Å². The fourth-order valence-electron chi connectivity index (χ4n) is 3.52. The Morgan fingerprint density at radius 1 is 1.19 bits per heavy atom. The van der Waals surface area contributed by atoms with Crippen LogP contribution in [-0.2, 0) is 9.53 Å². The first kappa shape index (κ1) is 16.9. The number of hydrogen-bond donors (Lipinski definition) is 0. The average Bonchev–Trinajstić information content (AvgIpc) is 3.05. The summed E-state index contributed by atoms with van der Waals surface area (Å²) >= 11 is 0. The van der Waals surface area contributed by atoms with Crippen LogP contribution in [0.3, 0.4) is 0 Å². The van der Waals surface area contributed by atoms with Crippen molar-refractivity contribution in [3.63, 3.8) is 0 Å². The number of carbonyl (C=O) groups is 1. The summed E-state index contributed by atoms with van der Waals surface area (Å²) in [6.45, 7) is 1.92. The van der Waals surface area contributed by atoms with Gasteiger partial charge in [-0.1, -0.05) is 42.0 Å². The number of nitrogens with zero attached hydrogens (tertiary/aromatic N) is 1. The Bertz CT molecular complexity index is 1160. The summed E-state index contributed by atoms with van der Waals surface area (Å²) in [5, 5.41) is 10.4. The van der Waals surface area contributed by atoms with E-state index < -0.39 is 23.1 Å². The summed E-state index contributed by atoms with van der Waals surface area (Å²) in [5.41, 5.74) is -0.592. The highest BCUT2D eigenvalue weighted by Crippen LogP contribution is 2.49. The molecule has 2 heterocycles. The molecule has 6 heteroatoms. The van der Waals surface area contributed by atoms with Crippen molar-refractivity contribution in [1.82, 2.24) is 0 Å². The number of ether oxygens (including phenoxy) is 2. The van der Waals surface area contributed by atoms with Gasteiger partial charge in [-0.2, -0.15) is 5.26 Å². The average molecular weight is 361 g/mol. The van der Waals surface area contributed by atoms with E-state index >= 15 is 0 Å². The van der Waals surface area contributed by atoms with E-state index in [1.54, 1.807) is 36.4 Å². The molecule has 0 spiro atoms. The summed E-state index contributed by atoms with van der Waals surface area (Å²) in [4.78, 5) is 25.4. The van der Waals surface area contributed by atoms with Gasteiger partial charge in [-0.15, -0.1) is 0 Å². The molecule has 1 aromatic heterocycles. The highest BCUT2D eigenvalue weighted by atomic mass is 16.6. The van der Waals surface area contributed by atoms with E-state index in [0.29, 0.717) is 16.5 Å². The number of benzene rings is 2. The van der Waals surface area contributed by atoms with Crippen LogP contribution in [0.2, 0.25) is 0 Å². The smallest absolute Gasteiger partial charge is 0.366 e. The standard InChI is InChI=1S/C21H15NO5/c1-12-7-9-13(10-8-12)17-16-18(27-21(17,11-22)20(24)25-2)14-5-3-4-6-15(14)26-19(16)23/h3-10,17H,1-2H3. The molecule has 2 aromatic carbocycles. The zero-order valence-corrected chi connectivity index (χ0v) is 14.7. The lowest BCUT2D eigenvalue weighted by Gasteiger charge is -2.25. The van der Waals surface area contributed by atoms with Crippen molar-refractivity contribution in [3.05, 3.63) is 75.6 Å². The number of fused-ring (bicyclic) bond motifs is 3. The van der Waals surface area contributed by atoms with Crippen molar-refractivity contribution in [3.8, 4) is 11.8 Å². The minimum absolute atomic E-state index is 0.143. The van der Waals surface area contributed by atoms with Crippen molar-refractivity contribution < 1.29 is 18.7 Å². The van der Waals surface area contributed by atoms with Crippen LogP contribution in [0.4, 0.5) is 0 Å². The largest absolute Gasteiger partial charge is 0.465 e. The number of carbonyl (C=O) groups excluding carboxylic acids is 1. The molecule has 134 valence electrons. The second kappa shape index (κ2) is 5.99. The van der Waals surface area contributed by atoms with Crippen LogP contribution in [-0.4, -0.2) is 18.7 Å². The quantitative estimate of drug-likeness (QED) is 0.515. The molecule has 1 aliphatic heterocycles. The van der Waals surface area contributed by atoms with E-state index in [9.17, 15) is 14.9 Å². The fourth-order valence-corrected chi connectivity index (χ4v) is 3.52. The van der Waals surface area contributed by atoms with Crippen molar-refractivity contribution >= 4 is 16.9 Å². The topological polar surface area (TPSA) is 89.5 Å². The molecule has 1 aliphatic rings. The number of hydrogen-bond acceptors (Lipinski definition) is 6. The van der Waals surface area contributed by atoms with Gasteiger partial charge in [0.05, 0.1) is 24.0 Å². The molecule has 4 rings (SSSR count). The normalized spacial score (nSPS) is 20.6. The first-order valence-electron chi connectivity index (χ1n) is 8.33. The maximum absolute atomic E-state index is 12.8. The summed E-state index contributed by atoms with van der Waals surface area (Å²) in [5.74, 6) is -1.65. The number of aryl methyl sites for hydroxylation is 1. The molecule has 6 nitrogen and oxygen atoms in total. The minimum Gasteiger partial charge on any atom is -0.465 e. The lowest BCUT2D eigenvalue weighted by molar-refractivity contribution is -0.153. The highest BCUT2D eigenvalue weighted by molar-refractivity contribution is 5.92. The molecule has 2 unspecified atom stereocenters. The number of rotatable bonds is 2. The molecule has 0 amide bonds. The molecule has 2 atom stereocenters. The molecule has 0 bridgehead atoms. The molecule has 0 saturated carbocycles. The molecule has 3 aromatic rings. The van der Waals surface area contributed by atoms with Gasteiger partial charge >= 0.3 is 17.2 Å². The van der Waals surface area contributed by atoms with Crippen LogP contribution in [0, 0.1) is 18.3 Å². The molecule has 0 N–H and O–H groups in total.